The lowest BCUT2D eigenvalue weighted by molar-refractivity contribution is -0.385. The molecule has 0 unspecified atom stereocenters. The Labute approximate surface area is 148 Å². The third-order valence-corrected chi connectivity index (χ3v) is 3.69. The number of hydrogen-bond acceptors (Lipinski definition) is 5. The van der Waals surface area contributed by atoms with Gasteiger partial charge in [-0.25, -0.2) is 0 Å². The van der Waals surface area contributed by atoms with Crippen molar-refractivity contribution in [2.24, 2.45) is 0 Å². The van der Waals surface area contributed by atoms with E-state index in [4.69, 9.17) is 4.74 Å². The topological polar surface area (TPSA) is 84.7 Å². The minimum Gasteiger partial charge on any atom is -0.487 e. The van der Waals surface area contributed by atoms with Crippen LogP contribution >= 0.6 is 0 Å². The molecule has 0 aliphatic heterocycles. The van der Waals surface area contributed by atoms with Crippen molar-refractivity contribution in [3.63, 3.8) is 0 Å². The Balaban J connectivity index is 2.65. The second-order valence-electron chi connectivity index (χ2n) is 5.48. The van der Waals surface area contributed by atoms with Crippen LogP contribution in [0.15, 0.2) is 24.3 Å². The van der Waals surface area contributed by atoms with Crippen LogP contribution in [0.25, 0.3) is 6.08 Å². The summed E-state index contributed by atoms with van der Waals surface area (Å²) in [6.45, 7) is 9.75. The predicted molar refractivity (Wildman–Crippen MR) is 98.7 cm³/mol. The van der Waals surface area contributed by atoms with Crippen molar-refractivity contribution in [2.75, 3.05) is 32.8 Å². The van der Waals surface area contributed by atoms with Crippen LogP contribution in [-0.4, -0.2) is 48.5 Å². The highest BCUT2D eigenvalue weighted by Gasteiger charge is 2.15. The average molecular weight is 349 g/mol. The van der Waals surface area contributed by atoms with Crippen molar-refractivity contribution >= 4 is 17.7 Å². The summed E-state index contributed by atoms with van der Waals surface area (Å²) < 4.78 is 5.38. The van der Waals surface area contributed by atoms with Crippen molar-refractivity contribution in [3.05, 3.63) is 40.0 Å². The van der Waals surface area contributed by atoms with Crippen LogP contribution in [-0.2, 0) is 4.79 Å². The zero-order chi connectivity index (χ0) is 18.7. The molecule has 7 nitrogen and oxygen atoms in total. The molecule has 0 bridgehead atoms. The summed E-state index contributed by atoms with van der Waals surface area (Å²) in [6, 6.07) is 4.66. The van der Waals surface area contributed by atoms with Crippen molar-refractivity contribution in [1.82, 2.24) is 10.2 Å². The average Bonchev–Trinajstić information content (AvgIpc) is 2.62. The van der Waals surface area contributed by atoms with Gasteiger partial charge in [-0.15, -0.1) is 0 Å². The number of ether oxygens (including phenoxy) is 1. The van der Waals surface area contributed by atoms with Gasteiger partial charge in [0.05, 0.1) is 11.5 Å². The van der Waals surface area contributed by atoms with Gasteiger partial charge in [0.2, 0.25) is 5.91 Å². The third-order valence-electron chi connectivity index (χ3n) is 3.69. The Morgan fingerprint density at radius 2 is 2.04 bits per heavy atom. The number of benzene rings is 1. The molecule has 1 amide bonds. The second kappa shape index (κ2) is 11.2. The first-order valence-corrected chi connectivity index (χ1v) is 8.61. The van der Waals surface area contributed by atoms with Gasteiger partial charge in [-0.1, -0.05) is 26.8 Å². The monoisotopic (exact) mass is 349 g/mol. The van der Waals surface area contributed by atoms with Crippen molar-refractivity contribution in [1.29, 1.82) is 0 Å². The van der Waals surface area contributed by atoms with Gasteiger partial charge in [0.1, 0.15) is 0 Å². The SMILES string of the molecule is CCCOc1ccc(/C=C/C(=O)NCCN(CC)CC)cc1[N+](=O)[O-]. The van der Waals surface area contributed by atoms with Crippen molar-refractivity contribution in [2.45, 2.75) is 27.2 Å². The fourth-order valence-electron chi connectivity index (χ4n) is 2.22. The molecule has 0 heterocycles. The predicted octanol–water partition coefficient (Wildman–Crippen LogP) is 2.85. The number of hydrogen-bond donors (Lipinski definition) is 1. The molecule has 1 aromatic carbocycles. The van der Waals surface area contributed by atoms with E-state index < -0.39 is 4.92 Å². The molecule has 0 aromatic heterocycles. The van der Waals surface area contributed by atoms with E-state index in [0.29, 0.717) is 18.7 Å². The maximum Gasteiger partial charge on any atom is 0.311 e. The fraction of sp³-hybridized carbons (Fsp3) is 0.500. The number of nitro benzene ring substituents is 1. The van der Waals surface area contributed by atoms with Gasteiger partial charge in [0, 0.05) is 25.2 Å². The number of amides is 1. The standard InChI is InChI=1S/C18H27N3O4/c1-4-13-25-17-9-7-15(14-16(17)21(23)24)8-10-18(22)19-11-12-20(5-2)6-3/h7-10,14H,4-6,11-13H2,1-3H3,(H,19,22)/b10-8+. The van der Waals surface area contributed by atoms with Crippen LogP contribution in [0, 0.1) is 10.1 Å². The molecule has 0 saturated carbocycles. The molecule has 0 radical (unpaired) electrons. The zero-order valence-electron chi connectivity index (χ0n) is 15.2. The Hall–Kier alpha value is -2.41. The first kappa shape index (κ1) is 20.6. The van der Waals surface area contributed by atoms with Gasteiger partial charge in [0.25, 0.3) is 0 Å². The summed E-state index contributed by atoms with van der Waals surface area (Å²) in [4.78, 5) is 24.7. The highest BCUT2D eigenvalue weighted by Crippen LogP contribution is 2.28. The number of nitro groups is 1. The van der Waals surface area contributed by atoms with Gasteiger partial charge < -0.3 is 15.0 Å². The van der Waals surface area contributed by atoms with E-state index in [1.165, 1.54) is 12.1 Å². The highest BCUT2D eigenvalue weighted by atomic mass is 16.6. The smallest absolute Gasteiger partial charge is 0.311 e. The first-order valence-electron chi connectivity index (χ1n) is 8.61. The zero-order valence-corrected chi connectivity index (χ0v) is 15.2. The molecule has 138 valence electrons. The summed E-state index contributed by atoms with van der Waals surface area (Å²) in [6.07, 6.45) is 3.71. The van der Waals surface area contributed by atoms with E-state index in [1.807, 2.05) is 6.92 Å². The number of likely N-dealkylation sites (N-methyl/N-ethyl adjacent to an activating group) is 1. The maximum absolute atomic E-state index is 11.8. The fourth-order valence-corrected chi connectivity index (χ4v) is 2.22. The molecule has 0 saturated heterocycles. The summed E-state index contributed by atoms with van der Waals surface area (Å²) >= 11 is 0. The quantitative estimate of drug-likeness (QED) is 0.377. The van der Waals surface area contributed by atoms with Gasteiger partial charge in [-0.2, -0.15) is 0 Å². The maximum atomic E-state index is 11.8. The highest BCUT2D eigenvalue weighted by molar-refractivity contribution is 5.91. The molecule has 1 rings (SSSR count). The molecule has 7 heteroatoms. The molecule has 0 aliphatic rings. The third kappa shape index (κ3) is 7.34. The Kier molecular flexibility index (Phi) is 9.24. The largest absolute Gasteiger partial charge is 0.487 e. The van der Waals surface area contributed by atoms with Gasteiger partial charge in [-0.3, -0.25) is 14.9 Å². The number of carbonyl (C=O) groups is 1. The Morgan fingerprint density at radius 3 is 2.64 bits per heavy atom. The van der Waals surface area contributed by atoms with E-state index in [1.54, 1.807) is 18.2 Å². The summed E-state index contributed by atoms with van der Waals surface area (Å²) in [5.74, 6) is 0.0220. The van der Waals surface area contributed by atoms with Crippen LogP contribution in [0.5, 0.6) is 5.75 Å². The molecule has 0 spiro atoms. The molecular weight excluding hydrogens is 322 g/mol. The Morgan fingerprint density at radius 1 is 1.32 bits per heavy atom. The molecular formula is C18H27N3O4. The summed E-state index contributed by atoms with van der Waals surface area (Å²) in [5, 5.41) is 14.0. The van der Waals surface area contributed by atoms with Crippen LogP contribution in [0.4, 0.5) is 5.69 Å². The van der Waals surface area contributed by atoms with Crippen LogP contribution in [0.1, 0.15) is 32.8 Å². The van der Waals surface area contributed by atoms with E-state index in [2.05, 4.69) is 24.1 Å². The van der Waals surface area contributed by atoms with Gasteiger partial charge in [0.15, 0.2) is 5.75 Å². The minimum atomic E-state index is -0.480. The molecule has 0 atom stereocenters. The first-order chi connectivity index (χ1) is 12.0. The molecule has 0 aliphatic carbocycles. The lowest BCUT2D eigenvalue weighted by Crippen LogP contribution is -2.34. The Bertz CT molecular complexity index is 598. The number of rotatable bonds is 11. The molecule has 1 aromatic rings. The van der Waals surface area contributed by atoms with Gasteiger partial charge >= 0.3 is 5.69 Å². The van der Waals surface area contributed by atoms with E-state index in [0.717, 1.165) is 26.1 Å². The second-order valence-corrected chi connectivity index (χ2v) is 5.48. The number of nitrogens with one attached hydrogen (secondary N) is 1. The molecule has 25 heavy (non-hydrogen) atoms. The van der Waals surface area contributed by atoms with E-state index >= 15 is 0 Å². The summed E-state index contributed by atoms with van der Waals surface area (Å²) in [7, 11) is 0. The normalized spacial score (nSPS) is 11.0. The molecule has 1 N–H and O–H groups in total. The minimum absolute atomic E-state index is 0.0995. The van der Waals surface area contributed by atoms with Gasteiger partial charge in [-0.05, 0) is 37.2 Å². The van der Waals surface area contributed by atoms with E-state index in [-0.39, 0.29) is 17.3 Å². The van der Waals surface area contributed by atoms with Crippen LogP contribution in [0.2, 0.25) is 0 Å². The lowest BCUT2D eigenvalue weighted by atomic mass is 10.1. The number of nitrogens with zero attached hydrogens (tertiary/aromatic N) is 2. The lowest BCUT2D eigenvalue weighted by Gasteiger charge is -2.17. The number of carbonyl (C=O) groups excluding carboxylic acids is 1. The summed E-state index contributed by atoms with van der Waals surface area (Å²) in [5.41, 5.74) is 0.479. The van der Waals surface area contributed by atoms with Crippen LogP contribution in [0.3, 0.4) is 0 Å². The van der Waals surface area contributed by atoms with E-state index in [9.17, 15) is 14.9 Å². The van der Waals surface area contributed by atoms with Crippen LogP contribution < -0.4 is 10.1 Å². The van der Waals surface area contributed by atoms with Crippen molar-refractivity contribution in [3.8, 4) is 5.75 Å². The van der Waals surface area contributed by atoms with Crippen molar-refractivity contribution < 1.29 is 14.5 Å². The molecule has 0 fully saturated rings.